The first kappa shape index (κ1) is 12.5. The molecule has 0 amide bonds. The Hall–Kier alpha value is 0.490. The third-order valence-electron chi connectivity index (χ3n) is 1.02. The van der Waals surface area contributed by atoms with Gasteiger partial charge in [-0.15, -0.1) is 0 Å². The molecule has 7 heteroatoms. The predicted molar refractivity (Wildman–Crippen MR) is 45.0 cm³/mol. The molecule has 0 saturated heterocycles. The summed E-state index contributed by atoms with van der Waals surface area (Å²) in [6.45, 7) is 1.45. The summed E-state index contributed by atoms with van der Waals surface area (Å²) >= 11 is 2.00. The third kappa shape index (κ3) is 3.09. The van der Waals surface area contributed by atoms with Crippen LogP contribution in [0.2, 0.25) is 0 Å². The standard InChI is InChI=1S/C5H10BrF2O3P/c1-3-11-12(9,4-10-2)5(6,7)8/h3-4H2,1-2H3. The van der Waals surface area contributed by atoms with Crippen LogP contribution in [-0.2, 0) is 13.8 Å². The number of hydrogen-bond donors (Lipinski definition) is 0. The fraction of sp³-hybridized carbons (Fsp3) is 1.00. The first-order valence-electron chi connectivity index (χ1n) is 3.16. The molecule has 0 rings (SSSR count). The van der Waals surface area contributed by atoms with Gasteiger partial charge in [0.05, 0.1) is 6.61 Å². The van der Waals surface area contributed by atoms with E-state index in [-0.39, 0.29) is 6.61 Å². The topological polar surface area (TPSA) is 35.5 Å². The van der Waals surface area contributed by atoms with Crippen LogP contribution >= 0.6 is 23.3 Å². The predicted octanol–water partition coefficient (Wildman–Crippen LogP) is 2.85. The Balaban J connectivity index is 4.51. The molecule has 0 radical (unpaired) electrons. The maximum absolute atomic E-state index is 12.6. The molecule has 3 nitrogen and oxygen atoms in total. The van der Waals surface area contributed by atoms with Crippen molar-refractivity contribution in [2.24, 2.45) is 0 Å². The number of rotatable bonds is 5. The second kappa shape index (κ2) is 4.65. The molecule has 0 aromatic rings. The number of hydrogen-bond acceptors (Lipinski definition) is 3. The maximum atomic E-state index is 12.6. The maximum Gasteiger partial charge on any atom is 0.376 e. The van der Waals surface area contributed by atoms with E-state index in [1.807, 2.05) is 15.9 Å². The van der Waals surface area contributed by atoms with E-state index in [1.54, 1.807) is 0 Å². The van der Waals surface area contributed by atoms with Crippen molar-refractivity contribution in [3.05, 3.63) is 0 Å². The number of halogens is 3. The molecule has 0 fully saturated rings. The summed E-state index contributed by atoms with van der Waals surface area (Å²) in [4.78, 5) is 0. The lowest BCUT2D eigenvalue weighted by Gasteiger charge is -2.20. The van der Waals surface area contributed by atoms with Gasteiger partial charge >= 0.3 is 11.9 Å². The van der Waals surface area contributed by atoms with E-state index in [4.69, 9.17) is 0 Å². The van der Waals surface area contributed by atoms with E-state index in [0.29, 0.717) is 0 Å². The van der Waals surface area contributed by atoms with Gasteiger partial charge in [-0.25, -0.2) is 0 Å². The molecule has 0 bridgehead atoms. The van der Waals surface area contributed by atoms with Crippen molar-refractivity contribution >= 4 is 23.3 Å². The van der Waals surface area contributed by atoms with Gasteiger partial charge in [0.1, 0.15) is 6.35 Å². The Morgan fingerprint density at radius 3 is 2.33 bits per heavy atom. The van der Waals surface area contributed by atoms with Crippen LogP contribution in [0, 0.1) is 0 Å². The van der Waals surface area contributed by atoms with Crippen LogP contribution in [0.3, 0.4) is 0 Å². The minimum atomic E-state index is -4.04. The van der Waals surface area contributed by atoms with Crippen molar-refractivity contribution in [1.29, 1.82) is 0 Å². The molecule has 0 aliphatic rings. The van der Waals surface area contributed by atoms with Gasteiger partial charge in [-0.3, -0.25) is 4.57 Å². The monoisotopic (exact) mass is 266 g/mol. The molecule has 1 unspecified atom stereocenters. The van der Waals surface area contributed by atoms with Gasteiger partial charge in [-0.05, 0) is 6.92 Å². The lowest BCUT2D eigenvalue weighted by atomic mass is 10.9. The highest BCUT2D eigenvalue weighted by atomic mass is 79.9. The highest BCUT2D eigenvalue weighted by molar-refractivity contribution is 9.11. The van der Waals surface area contributed by atoms with E-state index in [1.165, 1.54) is 14.0 Å². The molecule has 0 heterocycles. The molecule has 1 atom stereocenters. The largest absolute Gasteiger partial charge is 0.376 e. The Morgan fingerprint density at radius 1 is 1.58 bits per heavy atom. The minimum absolute atomic E-state index is 0.0399. The van der Waals surface area contributed by atoms with Crippen LogP contribution in [-0.4, -0.2) is 24.6 Å². The summed E-state index contributed by atoms with van der Waals surface area (Å²) in [5.74, 6) is 0. The molecule has 0 aliphatic carbocycles. The number of methoxy groups -OCH3 is 1. The summed E-state index contributed by atoms with van der Waals surface area (Å²) in [6.07, 6.45) is -0.598. The number of alkyl halides is 3. The Bertz CT molecular complexity index is 172. The average Bonchev–Trinajstić information content (AvgIpc) is 1.86. The quantitative estimate of drug-likeness (QED) is 0.567. The van der Waals surface area contributed by atoms with Gasteiger partial charge < -0.3 is 9.26 Å². The van der Waals surface area contributed by atoms with Crippen molar-refractivity contribution in [2.45, 2.75) is 11.5 Å². The summed E-state index contributed by atoms with van der Waals surface area (Å²) in [5, 5.41) is 0. The highest BCUT2D eigenvalue weighted by Gasteiger charge is 2.49. The van der Waals surface area contributed by atoms with Crippen LogP contribution in [0.4, 0.5) is 8.78 Å². The van der Waals surface area contributed by atoms with Crippen molar-refractivity contribution in [3.63, 3.8) is 0 Å². The van der Waals surface area contributed by atoms with Crippen LogP contribution in [0.15, 0.2) is 0 Å². The Kier molecular flexibility index (Phi) is 4.84. The molecule has 0 N–H and O–H groups in total. The molecule has 0 aliphatic heterocycles. The van der Waals surface area contributed by atoms with Crippen LogP contribution in [0.25, 0.3) is 0 Å². The van der Waals surface area contributed by atoms with E-state index in [2.05, 4.69) is 9.26 Å². The lowest BCUT2D eigenvalue weighted by Crippen LogP contribution is -2.13. The van der Waals surface area contributed by atoms with E-state index in [9.17, 15) is 13.3 Å². The fourth-order valence-electron chi connectivity index (χ4n) is 0.562. The molecular formula is C5H10BrF2O3P. The second-order valence-corrected chi connectivity index (χ2v) is 6.01. The summed E-state index contributed by atoms with van der Waals surface area (Å²) in [5.41, 5.74) is 0. The molecule has 0 aromatic heterocycles. The van der Waals surface area contributed by atoms with Crippen LogP contribution < -0.4 is 0 Å². The van der Waals surface area contributed by atoms with E-state index >= 15 is 0 Å². The van der Waals surface area contributed by atoms with Crippen molar-refractivity contribution < 1.29 is 22.6 Å². The minimum Gasteiger partial charge on any atom is -0.374 e. The zero-order valence-electron chi connectivity index (χ0n) is 6.72. The molecule has 0 aromatic carbocycles. The first-order valence-corrected chi connectivity index (χ1v) is 5.77. The summed E-state index contributed by atoms with van der Waals surface area (Å²) < 4.78 is 41.8. The van der Waals surface area contributed by atoms with Gasteiger partial charge in [-0.1, -0.05) is 0 Å². The van der Waals surface area contributed by atoms with Gasteiger partial charge in [0.15, 0.2) is 0 Å². The summed E-state index contributed by atoms with van der Waals surface area (Å²) in [7, 11) is -2.86. The molecule has 12 heavy (non-hydrogen) atoms. The van der Waals surface area contributed by atoms with Gasteiger partial charge in [0.25, 0.3) is 0 Å². The van der Waals surface area contributed by atoms with E-state index in [0.717, 1.165) is 0 Å². The lowest BCUT2D eigenvalue weighted by molar-refractivity contribution is 0.146. The molecule has 0 saturated carbocycles. The molecule has 0 spiro atoms. The van der Waals surface area contributed by atoms with E-state index < -0.39 is 18.3 Å². The highest BCUT2D eigenvalue weighted by Crippen LogP contribution is 2.63. The third-order valence-corrected chi connectivity index (χ3v) is 4.69. The Morgan fingerprint density at radius 2 is 2.08 bits per heavy atom. The fourth-order valence-corrected chi connectivity index (χ4v) is 2.30. The molecule has 74 valence electrons. The van der Waals surface area contributed by atoms with Gasteiger partial charge in [0, 0.05) is 23.0 Å². The molecular weight excluding hydrogens is 257 g/mol. The van der Waals surface area contributed by atoms with Crippen molar-refractivity contribution in [2.75, 3.05) is 20.1 Å². The second-order valence-electron chi connectivity index (χ2n) is 1.98. The van der Waals surface area contributed by atoms with Crippen molar-refractivity contribution in [1.82, 2.24) is 0 Å². The first-order chi connectivity index (χ1) is 5.37. The zero-order chi connectivity index (χ0) is 9.83. The van der Waals surface area contributed by atoms with Crippen LogP contribution in [0.5, 0.6) is 0 Å². The van der Waals surface area contributed by atoms with Gasteiger partial charge in [-0.2, -0.15) is 8.78 Å². The SMILES string of the molecule is CCOP(=O)(COC)C(F)(F)Br. The number of ether oxygens (including phenoxy) is 1. The smallest absolute Gasteiger partial charge is 0.374 e. The summed E-state index contributed by atoms with van der Waals surface area (Å²) in [6, 6.07) is 0. The average molecular weight is 267 g/mol. The normalized spacial score (nSPS) is 17.4. The zero-order valence-corrected chi connectivity index (χ0v) is 9.20. The van der Waals surface area contributed by atoms with Crippen LogP contribution in [0.1, 0.15) is 6.92 Å². The van der Waals surface area contributed by atoms with Gasteiger partial charge in [0.2, 0.25) is 0 Å². The van der Waals surface area contributed by atoms with Crippen molar-refractivity contribution in [3.8, 4) is 0 Å². The Labute approximate surface area is 78.0 Å².